The summed E-state index contributed by atoms with van der Waals surface area (Å²) in [6, 6.07) is 5.76. The molecule has 4 nitrogen and oxygen atoms in total. The molecule has 1 N–H and O–H groups in total. The third-order valence-corrected chi connectivity index (χ3v) is 3.99. The molecule has 2 rings (SSSR count). The standard InChI is InChI=1S/C16H23FN2O2/c1-3-4-14(9-19-10-15(20)11-19)18(2)16(21)12-5-7-13(17)8-6-12/h5-8,14-15,20H,3-4,9-11H2,1-2H3. The van der Waals surface area contributed by atoms with E-state index in [1.165, 1.54) is 24.3 Å². The minimum absolute atomic E-state index is 0.0884. The molecule has 1 aliphatic rings. The Morgan fingerprint density at radius 3 is 2.57 bits per heavy atom. The van der Waals surface area contributed by atoms with Crippen LogP contribution < -0.4 is 0 Å². The number of nitrogens with zero attached hydrogens (tertiary/aromatic N) is 2. The molecule has 0 spiro atoms. The zero-order valence-electron chi connectivity index (χ0n) is 12.6. The average Bonchev–Trinajstić information content (AvgIpc) is 2.44. The van der Waals surface area contributed by atoms with Crippen LogP contribution in [0, 0.1) is 5.82 Å². The van der Waals surface area contributed by atoms with Gasteiger partial charge in [0.15, 0.2) is 0 Å². The molecule has 0 radical (unpaired) electrons. The lowest BCUT2D eigenvalue weighted by molar-refractivity contribution is -0.0113. The molecule has 0 saturated carbocycles. The number of rotatable bonds is 6. The number of β-amino-alcohol motifs (C(OH)–C–C–N with tert-alkyl or cyclic N) is 1. The smallest absolute Gasteiger partial charge is 0.253 e. The summed E-state index contributed by atoms with van der Waals surface area (Å²) in [6.45, 7) is 4.22. The van der Waals surface area contributed by atoms with Gasteiger partial charge >= 0.3 is 0 Å². The van der Waals surface area contributed by atoms with Gasteiger partial charge in [-0.25, -0.2) is 4.39 Å². The first-order chi connectivity index (χ1) is 10.0. The van der Waals surface area contributed by atoms with Crippen LogP contribution in [0.3, 0.4) is 0 Å². The monoisotopic (exact) mass is 294 g/mol. The fourth-order valence-electron chi connectivity index (χ4n) is 2.69. The van der Waals surface area contributed by atoms with E-state index < -0.39 is 0 Å². The van der Waals surface area contributed by atoms with E-state index in [1.807, 2.05) is 0 Å². The van der Waals surface area contributed by atoms with Crippen molar-refractivity contribution in [2.45, 2.75) is 31.9 Å². The first-order valence-corrected chi connectivity index (χ1v) is 7.44. The van der Waals surface area contributed by atoms with Gasteiger partial charge in [0, 0.05) is 38.3 Å². The first-order valence-electron chi connectivity index (χ1n) is 7.44. The zero-order valence-corrected chi connectivity index (χ0v) is 12.6. The van der Waals surface area contributed by atoms with Crippen molar-refractivity contribution in [2.24, 2.45) is 0 Å². The minimum Gasteiger partial charge on any atom is -0.390 e. The molecule has 21 heavy (non-hydrogen) atoms. The summed E-state index contributed by atoms with van der Waals surface area (Å²) >= 11 is 0. The van der Waals surface area contributed by atoms with Crippen molar-refractivity contribution < 1.29 is 14.3 Å². The van der Waals surface area contributed by atoms with Crippen LogP contribution in [-0.4, -0.2) is 59.6 Å². The average molecular weight is 294 g/mol. The van der Waals surface area contributed by atoms with Gasteiger partial charge in [0.1, 0.15) is 5.82 Å². The van der Waals surface area contributed by atoms with Crippen LogP contribution in [0.25, 0.3) is 0 Å². The predicted molar refractivity (Wildman–Crippen MR) is 79.6 cm³/mol. The molecule has 0 aliphatic carbocycles. The number of aliphatic hydroxyl groups excluding tert-OH is 1. The molecule has 1 heterocycles. The second kappa shape index (κ2) is 7.00. The lowest BCUT2D eigenvalue weighted by atomic mass is 10.1. The molecule has 1 aliphatic heterocycles. The number of carbonyl (C=O) groups is 1. The van der Waals surface area contributed by atoms with Crippen LogP contribution in [0.5, 0.6) is 0 Å². The van der Waals surface area contributed by atoms with Gasteiger partial charge < -0.3 is 10.0 Å². The number of amides is 1. The Morgan fingerprint density at radius 2 is 2.05 bits per heavy atom. The number of halogens is 1. The van der Waals surface area contributed by atoms with E-state index in [1.54, 1.807) is 11.9 Å². The normalized spacial score (nSPS) is 17.3. The summed E-state index contributed by atoms with van der Waals surface area (Å²) in [4.78, 5) is 16.3. The van der Waals surface area contributed by atoms with Gasteiger partial charge in [0.2, 0.25) is 0 Å². The second-order valence-electron chi connectivity index (χ2n) is 5.74. The number of carbonyl (C=O) groups excluding carboxylic acids is 1. The molecule has 5 heteroatoms. The maximum Gasteiger partial charge on any atom is 0.253 e. The summed E-state index contributed by atoms with van der Waals surface area (Å²) < 4.78 is 12.9. The molecule has 1 aromatic rings. The van der Waals surface area contributed by atoms with Gasteiger partial charge in [-0.15, -0.1) is 0 Å². The van der Waals surface area contributed by atoms with Crippen molar-refractivity contribution in [1.82, 2.24) is 9.80 Å². The molecule has 1 atom stereocenters. The molecule has 1 aromatic carbocycles. The van der Waals surface area contributed by atoms with Crippen LogP contribution in [-0.2, 0) is 0 Å². The van der Waals surface area contributed by atoms with Crippen molar-refractivity contribution in [1.29, 1.82) is 0 Å². The number of hydrogen-bond acceptors (Lipinski definition) is 3. The van der Waals surface area contributed by atoms with Crippen molar-refractivity contribution in [3.05, 3.63) is 35.6 Å². The Balaban J connectivity index is 2.00. The fourth-order valence-corrected chi connectivity index (χ4v) is 2.69. The zero-order chi connectivity index (χ0) is 15.4. The molecule has 1 amide bonds. The molecule has 1 fully saturated rings. The van der Waals surface area contributed by atoms with Gasteiger partial charge in [0.25, 0.3) is 5.91 Å². The van der Waals surface area contributed by atoms with Crippen LogP contribution in [0.15, 0.2) is 24.3 Å². The third-order valence-electron chi connectivity index (χ3n) is 3.99. The molecule has 0 aromatic heterocycles. The van der Waals surface area contributed by atoms with Crippen molar-refractivity contribution in [3.63, 3.8) is 0 Å². The van der Waals surface area contributed by atoms with Crippen LogP contribution in [0.1, 0.15) is 30.1 Å². The highest BCUT2D eigenvalue weighted by Crippen LogP contribution is 2.16. The second-order valence-corrected chi connectivity index (χ2v) is 5.74. The van der Waals surface area contributed by atoms with Gasteiger partial charge in [-0.3, -0.25) is 9.69 Å². The van der Waals surface area contributed by atoms with E-state index in [9.17, 15) is 14.3 Å². The van der Waals surface area contributed by atoms with Crippen LogP contribution in [0.4, 0.5) is 4.39 Å². The van der Waals surface area contributed by atoms with Gasteiger partial charge in [-0.1, -0.05) is 13.3 Å². The Hall–Kier alpha value is -1.46. The highest BCUT2D eigenvalue weighted by Gasteiger charge is 2.29. The number of hydrogen-bond donors (Lipinski definition) is 1. The molecule has 0 bridgehead atoms. The summed E-state index contributed by atoms with van der Waals surface area (Å²) in [6.07, 6.45) is 1.67. The Kier molecular flexibility index (Phi) is 5.31. The van der Waals surface area contributed by atoms with E-state index in [0.717, 1.165) is 19.4 Å². The molecule has 116 valence electrons. The maximum absolute atomic E-state index is 12.9. The molecular formula is C16H23FN2O2. The molecular weight excluding hydrogens is 271 g/mol. The Labute approximate surface area is 125 Å². The number of likely N-dealkylation sites (N-methyl/N-ethyl adjacent to an activating group) is 1. The maximum atomic E-state index is 12.9. The number of aliphatic hydroxyl groups is 1. The van der Waals surface area contributed by atoms with Crippen LogP contribution in [0.2, 0.25) is 0 Å². The Morgan fingerprint density at radius 1 is 1.43 bits per heavy atom. The first kappa shape index (κ1) is 15.9. The summed E-state index contributed by atoms with van der Waals surface area (Å²) in [5, 5.41) is 9.36. The highest BCUT2D eigenvalue weighted by atomic mass is 19.1. The number of likely N-dealkylation sites (tertiary alicyclic amines) is 1. The van der Waals surface area contributed by atoms with E-state index in [0.29, 0.717) is 18.7 Å². The van der Waals surface area contributed by atoms with E-state index in [4.69, 9.17) is 0 Å². The van der Waals surface area contributed by atoms with Crippen molar-refractivity contribution >= 4 is 5.91 Å². The van der Waals surface area contributed by atoms with Gasteiger partial charge in [-0.2, -0.15) is 0 Å². The summed E-state index contributed by atoms with van der Waals surface area (Å²) in [7, 11) is 1.79. The predicted octanol–water partition coefficient (Wildman–Crippen LogP) is 1.74. The summed E-state index contributed by atoms with van der Waals surface area (Å²) in [5.74, 6) is -0.427. The lowest BCUT2D eigenvalue weighted by Gasteiger charge is -2.40. The van der Waals surface area contributed by atoms with Gasteiger partial charge in [-0.05, 0) is 30.7 Å². The summed E-state index contributed by atoms with van der Waals surface area (Å²) in [5.41, 5.74) is 0.503. The van der Waals surface area contributed by atoms with E-state index in [-0.39, 0.29) is 23.9 Å². The van der Waals surface area contributed by atoms with Crippen molar-refractivity contribution in [2.75, 3.05) is 26.7 Å². The molecule has 1 unspecified atom stereocenters. The lowest BCUT2D eigenvalue weighted by Crippen LogP contribution is -2.55. The largest absolute Gasteiger partial charge is 0.390 e. The highest BCUT2D eigenvalue weighted by molar-refractivity contribution is 5.94. The van der Waals surface area contributed by atoms with Gasteiger partial charge in [0.05, 0.1) is 6.10 Å². The SMILES string of the molecule is CCCC(CN1CC(O)C1)N(C)C(=O)c1ccc(F)cc1. The topological polar surface area (TPSA) is 43.8 Å². The Bertz CT molecular complexity index is 472. The molecule has 1 saturated heterocycles. The van der Waals surface area contributed by atoms with E-state index in [2.05, 4.69) is 11.8 Å². The van der Waals surface area contributed by atoms with Crippen LogP contribution >= 0.6 is 0 Å². The number of benzene rings is 1. The van der Waals surface area contributed by atoms with E-state index >= 15 is 0 Å². The van der Waals surface area contributed by atoms with Crippen molar-refractivity contribution in [3.8, 4) is 0 Å². The minimum atomic E-state index is -0.339. The third kappa shape index (κ3) is 4.02. The quantitative estimate of drug-likeness (QED) is 0.869. The fraction of sp³-hybridized carbons (Fsp3) is 0.562.